The molecule has 2 aromatic carbocycles. The first-order chi connectivity index (χ1) is 14.5. The largest absolute Gasteiger partial charge is 0.454 e. The second-order valence-corrected chi connectivity index (χ2v) is 8.40. The molecule has 2 heterocycles. The van der Waals surface area contributed by atoms with Gasteiger partial charge in [0.15, 0.2) is 11.5 Å². The van der Waals surface area contributed by atoms with Crippen LogP contribution in [-0.2, 0) is 0 Å². The lowest BCUT2D eigenvalue weighted by molar-refractivity contribution is 0.0638. The zero-order valence-electron chi connectivity index (χ0n) is 16.2. The molecule has 158 valence electrons. The minimum atomic E-state index is -0.147. The van der Waals surface area contributed by atoms with Gasteiger partial charge in [-0.2, -0.15) is 0 Å². The summed E-state index contributed by atoms with van der Waals surface area (Å²) in [6.07, 6.45) is 0. The molecule has 0 unspecified atom stereocenters. The van der Waals surface area contributed by atoms with Crippen molar-refractivity contribution in [3.63, 3.8) is 0 Å². The van der Waals surface area contributed by atoms with Gasteiger partial charge in [-0.05, 0) is 36.4 Å². The molecule has 2 aliphatic rings. The zero-order valence-corrected chi connectivity index (χ0v) is 18.5. The summed E-state index contributed by atoms with van der Waals surface area (Å²) in [7, 11) is 0. The number of nitrogens with one attached hydrogen (secondary N) is 1. The summed E-state index contributed by atoms with van der Waals surface area (Å²) in [4.78, 5) is 29.1. The number of nitrogens with zero attached hydrogens (tertiary/aromatic N) is 2. The maximum atomic E-state index is 12.7. The predicted molar refractivity (Wildman–Crippen MR) is 116 cm³/mol. The summed E-state index contributed by atoms with van der Waals surface area (Å²) < 4.78 is 11.4. The Balaban J connectivity index is 1.23. The number of fused-ring (bicyclic) bond motifs is 1. The number of hydrogen-bond acceptors (Lipinski definition) is 5. The maximum absolute atomic E-state index is 12.7. The van der Waals surface area contributed by atoms with E-state index >= 15 is 0 Å². The van der Waals surface area contributed by atoms with Crippen molar-refractivity contribution in [1.29, 1.82) is 0 Å². The minimum Gasteiger partial charge on any atom is -0.454 e. The lowest BCUT2D eigenvalue weighted by atomic mass is 10.1. The summed E-state index contributed by atoms with van der Waals surface area (Å²) in [5.74, 6) is 1.04. The van der Waals surface area contributed by atoms with E-state index in [9.17, 15) is 9.59 Å². The highest BCUT2D eigenvalue weighted by molar-refractivity contribution is 9.10. The molecular formula is C21H21BrClN3O4. The van der Waals surface area contributed by atoms with Crippen LogP contribution in [0, 0.1) is 0 Å². The molecule has 2 aliphatic heterocycles. The molecule has 1 saturated heterocycles. The average Bonchev–Trinajstić information content (AvgIpc) is 3.23. The van der Waals surface area contributed by atoms with Gasteiger partial charge in [-0.1, -0.05) is 27.5 Å². The fraction of sp³-hybridized carbons (Fsp3) is 0.333. The lowest BCUT2D eigenvalue weighted by Crippen LogP contribution is -2.50. The van der Waals surface area contributed by atoms with Crippen molar-refractivity contribution in [1.82, 2.24) is 15.1 Å². The van der Waals surface area contributed by atoms with E-state index < -0.39 is 0 Å². The highest BCUT2D eigenvalue weighted by Gasteiger charge is 2.24. The normalized spacial score (nSPS) is 15.9. The van der Waals surface area contributed by atoms with E-state index in [2.05, 4.69) is 26.1 Å². The van der Waals surface area contributed by atoms with Gasteiger partial charge < -0.3 is 19.7 Å². The van der Waals surface area contributed by atoms with Gasteiger partial charge in [-0.25, -0.2) is 0 Å². The fourth-order valence-corrected chi connectivity index (χ4v) is 4.03. The molecule has 0 aliphatic carbocycles. The van der Waals surface area contributed by atoms with Crippen LogP contribution in [0.5, 0.6) is 11.5 Å². The Hall–Kier alpha value is -2.29. The van der Waals surface area contributed by atoms with Crippen LogP contribution in [0.3, 0.4) is 0 Å². The SMILES string of the molecule is O=C(NCCN1CCN(C(=O)c2cc(Br)ccc2Cl)CC1)c1ccc2c(c1)OCO2. The van der Waals surface area contributed by atoms with Crippen molar-refractivity contribution >= 4 is 39.3 Å². The van der Waals surface area contributed by atoms with Crippen molar-refractivity contribution in [2.24, 2.45) is 0 Å². The van der Waals surface area contributed by atoms with Crippen LogP contribution in [0.15, 0.2) is 40.9 Å². The van der Waals surface area contributed by atoms with E-state index in [-0.39, 0.29) is 18.6 Å². The van der Waals surface area contributed by atoms with Crippen LogP contribution in [0.2, 0.25) is 5.02 Å². The molecule has 0 radical (unpaired) electrons. The number of halogens is 2. The first kappa shape index (κ1) is 21.0. The molecule has 0 spiro atoms. The number of benzene rings is 2. The quantitative estimate of drug-likeness (QED) is 0.692. The molecule has 0 atom stereocenters. The monoisotopic (exact) mass is 493 g/mol. The maximum Gasteiger partial charge on any atom is 0.255 e. The first-order valence-corrected chi connectivity index (χ1v) is 10.8. The number of amides is 2. The number of carbonyl (C=O) groups is 2. The Morgan fingerprint density at radius 3 is 2.60 bits per heavy atom. The molecule has 1 N–H and O–H groups in total. The van der Waals surface area contributed by atoms with Gasteiger partial charge in [-0.15, -0.1) is 0 Å². The summed E-state index contributed by atoms with van der Waals surface area (Å²) >= 11 is 9.57. The molecule has 7 nitrogen and oxygen atoms in total. The third-order valence-electron chi connectivity index (χ3n) is 5.17. The molecule has 9 heteroatoms. The van der Waals surface area contributed by atoms with Gasteiger partial charge in [0.2, 0.25) is 6.79 Å². The smallest absolute Gasteiger partial charge is 0.255 e. The average molecular weight is 495 g/mol. The topological polar surface area (TPSA) is 71.1 Å². The first-order valence-electron chi connectivity index (χ1n) is 9.66. The molecule has 30 heavy (non-hydrogen) atoms. The van der Waals surface area contributed by atoms with Gasteiger partial charge in [0.1, 0.15) is 0 Å². The Morgan fingerprint density at radius 1 is 1.03 bits per heavy atom. The lowest BCUT2D eigenvalue weighted by Gasteiger charge is -2.35. The number of hydrogen-bond donors (Lipinski definition) is 1. The zero-order chi connectivity index (χ0) is 21.1. The number of ether oxygens (including phenoxy) is 2. The standard InChI is InChI=1S/C21H21BrClN3O4/c22-15-2-3-17(23)16(12-15)21(28)26-9-7-25(8-10-26)6-5-24-20(27)14-1-4-18-19(11-14)30-13-29-18/h1-4,11-12H,5-10,13H2,(H,24,27). The van der Waals surface area contributed by atoms with Crippen LogP contribution >= 0.6 is 27.5 Å². The Bertz CT molecular complexity index is 963. The van der Waals surface area contributed by atoms with Crippen LogP contribution in [0.4, 0.5) is 0 Å². The van der Waals surface area contributed by atoms with Gasteiger partial charge in [0.05, 0.1) is 10.6 Å². The van der Waals surface area contributed by atoms with Crippen LogP contribution in [0.1, 0.15) is 20.7 Å². The van der Waals surface area contributed by atoms with E-state index in [1.54, 1.807) is 30.3 Å². The molecule has 4 rings (SSSR count). The van der Waals surface area contributed by atoms with Gasteiger partial charge in [0, 0.05) is 49.3 Å². The van der Waals surface area contributed by atoms with Gasteiger partial charge >= 0.3 is 0 Å². The predicted octanol–water partition coefficient (Wildman–Crippen LogP) is 3.02. The Morgan fingerprint density at radius 2 is 1.80 bits per heavy atom. The number of carbonyl (C=O) groups excluding carboxylic acids is 2. The molecule has 2 aromatic rings. The van der Waals surface area contributed by atoms with Gasteiger partial charge in [-0.3, -0.25) is 14.5 Å². The van der Waals surface area contributed by atoms with E-state index in [4.69, 9.17) is 21.1 Å². The number of rotatable bonds is 5. The summed E-state index contributed by atoms with van der Waals surface area (Å²) in [5.41, 5.74) is 1.05. The van der Waals surface area contributed by atoms with Crippen molar-refractivity contribution in [2.45, 2.75) is 0 Å². The van der Waals surface area contributed by atoms with Gasteiger partial charge in [0.25, 0.3) is 11.8 Å². The third-order valence-corrected chi connectivity index (χ3v) is 5.99. The van der Waals surface area contributed by atoms with Crippen molar-refractivity contribution in [3.8, 4) is 11.5 Å². The second-order valence-electron chi connectivity index (χ2n) is 7.08. The molecule has 0 saturated carbocycles. The molecule has 0 bridgehead atoms. The fourth-order valence-electron chi connectivity index (χ4n) is 3.47. The van der Waals surface area contributed by atoms with E-state index in [1.165, 1.54) is 0 Å². The highest BCUT2D eigenvalue weighted by Crippen LogP contribution is 2.32. The van der Waals surface area contributed by atoms with E-state index in [0.29, 0.717) is 47.3 Å². The molecular weight excluding hydrogens is 474 g/mol. The van der Waals surface area contributed by atoms with Crippen molar-refractivity contribution in [2.75, 3.05) is 46.1 Å². The second kappa shape index (κ2) is 9.24. The summed E-state index contributed by atoms with van der Waals surface area (Å²) in [6, 6.07) is 10.4. The van der Waals surface area contributed by atoms with Crippen LogP contribution in [0.25, 0.3) is 0 Å². The third kappa shape index (κ3) is 4.71. The van der Waals surface area contributed by atoms with E-state index in [0.717, 1.165) is 24.1 Å². The van der Waals surface area contributed by atoms with Crippen molar-refractivity contribution < 1.29 is 19.1 Å². The molecule has 2 amide bonds. The Labute approximate surface area is 188 Å². The number of piperazine rings is 1. The molecule has 1 fully saturated rings. The summed E-state index contributed by atoms with van der Waals surface area (Å²) in [5, 5.41) is 3.39. The Kier molecular flexibility index (Phi) is 6.46. The summed E-state index contributed by atoms with van der Waals surface area (Å²) in [6.45, 7) is 4.17. The molecule has 0 aromatic heterocycles. The van der Waals surface area contributed by atoms with E-state index in [1.807, 2.05) is 11.0 Å². The minimum absolute atomic E-state index is 0.0583. The van der Waals surface area contributed by atoms with Crippen LogP contribution < -0.4 is 14.8 Å². The highest BCUT2D eigenvalue weighted by atomic mass is 79.9. The van der Waals surface area contributed by atoms with Crippen molar-refractivity contribution in [3.05, 3.63) is 57.0 Å². The van der Waals surface area contributed by atoms with Crippen LogP contribution in [-0.4, -0.2) is 67.7 Å².